The monoisotopic (exact) mass is 426 g/mol. The lowest BCUT2D eigenvalue weighted by atomic mass is 10.1. The fourth-order valence-corrected chi connectivity index (χ4v) is 2.36. The van der Waals surface area contributed by atoms with Gasteiger partial charge in [-0.1, -0.05) is 6.07 Å². The van der Waals surface area contributed by atoms with Gasteiger partial charge in [-0.2, -0.15) is 0 Å². The number of carboxylic acids is 1. The Bertz CT molecular complexity index is 557. The fraction of sp³-hybridized carbons (Fsp3) is 0. The molecule has 0 amide bonds. The average molecular weight is 426 g/mol. The maximum atomic E-state index is 10.8. The summed E-state index contributed by atoms with van der Waals surface area (Å²) in [6.07, 6.45) is 0. The van der Waals surface area contributed by atoms with Crippen LogP contribution in [0.2, 0.25) is 0 Å². The van der Waals surface area contributed by atoms with Gasteiger partial charge in [0.25, 0.3) is 0 Å². The topological polar surface area (TPSA) is 63.1 Å². The number of rotatable bonds is 1. The van der Waals surface area contributed by atoms with Gasteiger partial charge in [0.2, 0.25) is 0 Å². The summed E-state index contributed by atoms with van der Waals surface area (Å²) in [7, 11) is 0. The molecule has 0 bridgehead atoms. The Balaban J connectivity index is 2.81. The molecule has 0 aliphatic carbocycles. The van der Waals surface area contributed by atoms with Crippen LogP contribution < -0.4 is 0 Å². The van der Waals surface area contributed by atoms with Gasteiger partial charge in [0, 0.05) is 10.8 Å². The molecule has 0 saturated heterocycles. The van der Waals surface area contributed by atoms with E-state index in [4.69, 9.17) is 5.11 Å². The third-order valence-corrected chi connectivity index (χ3v) is 3.53. The molecule has 0 saturated carbocycles. The number of aromatic carboxylic acids is 1. The first-order valence-corrected chi connectivity index (χ1v) is 6.10. The predicted molar refractivity (Wildman–Crippen MR) is 71.9 cm³/mol. The summed E-state index contributed by atoms with van der Waals surface area (Å²) >= 11 is 4.12. The van der Waals surface area contributed by atoms with Crippen molar-refractivity contribution in [2.75, 3.05) is 0 Å². The highest BCUT2D eigenvalue weighted by Crippen LogP contribution is 2.23. The van der Waals surface area contributed by atoms with Gasteiger partial charge in [-0.15, -0.1) is 10.2 Å². The molecule has 0 atom stereocenters. The minimum absolute atomic E-state index is 0.268. The van der Waals surface area contributed by atoms with E-state index in [9.17, 15) is 4.79 Å². The van der Waals surface area contributed by atoms with E-state index in [1.807, 2.05) is 22.6 Å². The molecule has 0 unspecified atom stereocenters. The van der Waals surface area contributed by atoms with Crippen molar-refractivity contribution in [2.45, 2.75) is 0 Å². The summed E-state index contributed by atoms with van der Waals surface area (Å²) < 4.78 is 1.49. The number of benzene rings is 1. The minimum Gasteiger partial charge on any atom is -0.478 e. The summed E-state index contributed by atoms with van der Waals surface area (Å²) in [5.41, 5.74) is 0.268. The molecule has 1 aromatic carbocycles. The normalized spacial score (nSPS) is 10.5. The molecule has 0 fully saturated rings. The van der Waals surface area contributed by atoms with Crippen molar-refractivity contribution in [3.63, 3.8) is 0 Å². The molecular weight excluding hydrogens is 422 g/mol. The Morgan fingerprint density at radius 3 is 2.33 bits per heavy atom. The van der Waals surface area contributed by atoms with Gasteiger partial charge in [0.15, 0.2) is 0 Å². The van der Waals surface area contributed by atoms with E-state index in [0.29, 0.717) is 3.70 Å². The van der Waals surface area contributed by atoms with E-state index in [1.54, 1.807) is 18.2 Å². The highest BCUT2D eigenvalue weighted by molar-refractivity contribution is 14.1. The van der Waals surface area contributed by atoms with Crippen LogP contribution in [0.1, 0.15) is 10.4 Å². The van der Waals surface area contributed by atoms with Crippen LogP contribution in [0.3, 0.4) is 0 Å². The lowest BCUT2D eigenvalue weighted by Gasteiger charge is -2.02. The second kappa shape index (κ2) is 4.16. The first kappa shape index (κ1) is 11.0. The molecule has 0 aliphatic rings. The van der Waals surface area contributed by atoms with Crippen molar-refractivity contribution in [1.29, 1.82) is 0 Å². The van der Waals surface area contributed by atoms with Gasteiger partial charge >= 0.3 is 5.97 Å². The van der Waals surface area contributed by atoms with Crippen LogP contribution in [0, 0.1) is 7.40 Å². The largest absolute Gasteiger partial charge is 0.478 e. The van der Waals surface area contributed by atoms with Crippen LogP contribution in [-0.4, -0.2) is 21.3 Å². The number of fused-ring (bicyclic) bond motifs is 1. The lowest BCUT2D eigenvalue weighted by molar-refractivity contribution is 0.0697. The highest BCUT2D eigenvalue weighted by atomic mass is 127. The fourth-order valence-electron chi connectivity index (χ4n) is 1.22. The summed E-state index contributed by atoms with van der Waals surface area (Å²) in [6.45, 7) is 0. The minimum atomic E-state index is -0.931. The van der Waals surface area contributed by atoms with Crippen LogP contribution in [0.5, 0.6) is 0 Å². The number of aromatic nitrogens is 2. The van der Waals surface area contributed by atoms with Crippen molar-refractivity contribution in [3.8, 4) is 0 Å². The third-order valence-electron chi connectivity index (χ3n) is 1.94. The van der Waals surface area contributed by atoms with Gasteiger partial charge in [-0.25, -0.2) is 4.79 Å². The maximum absolute atomic E-state index is 10.8. The van der Waals surface area contributed by atoms with E-state index >= 15 is 0 Å². The zero-order valence-electron chi connectivity index (χ0n) is 7.24. The van der Waals surface area contributed by atoms with Crippen molar-refractivity contribution in [3.05, 3.63) is 31.2 Å². The van der Waals surface area contributed by atoms with Crippen molar-refractivity contribution >= 4 is 61.9 Å². The number of hydrogen-bond acceptors (Lipinski definition) is 3. The van der Waals surface area contributed by atoms with E-state index in [-0.39, 0.29) is 5.56 Å². The number of nitrogens with zero attached hydrogens (tertiary/aromatic N) is 2. The van der Waals surface area contributed by atoms with Crippen molar-refractivity contribution < 1.29 is 9.90 Å². The van der Waals surface area contributed by atoms with E-state index in [2.05, 4.69) is 32.8 Å². The van der Waals surface area contributed by atoms with E-state index in [0.717, 1.165) is 14.5 Å². The third kappa shape index (κ3) is 2.05. The summed E-state index contributed by atoms with van der Waals surface area (Å²) in [5.74, 6) is -0.931. The average Bonchev–Trinajstić information content (AvgIpc) is 2.23. The Kier molecular flexibility index (Phi) is 3.05. The molecule has 4 nitrogen and oxygen atoms in total. The van der Waals surface area contributed by atoms with Crippen LogP contribution in [0.15, 0.2) is 18.2 Å². The van der Waals surface area contributed by atoms with Crippen LogP contribution in [0.25, 0.3) is 10.8 Å². The van der Waals surface area contributed by atoms with Gasteiger partial charge < -0.3 is 5.11 Å². The Labute approximate surface area is 112 Å². The molecule has 15 heavy (non-hydrogen) atoms. The molecule has 1 heterocycles. The number of carboxylic acid groups (broad SMARTS) is 1. The Hall–Kier alpha value is -0.510. The van der Waals surface area contributed by atoms with Gasteiger partial charge in [0.1, 0.15) is 7.40 Å². The molecule has 1 N–H and O–H groups in total. The summed E-state index contributed by atoms with van der Waals surface area (Å²) in [5, 5.41) is 18.5. The second-order valence-electron chi connectivity index (χ2n) is 2.85. The Morgan fingerprint density at radius 1 is 1.13 bits per heavy atom. The Morgan fingerprint density at radius 2 is 1.73 bits per heavy atom. The number of hydrogen-bond donors (Lipinski definition) is 1. The molecule has 0 spiro atoms. The van der Waals surface area contributed by atoms with Gasteiger partial charge in [-0.05, 0) is 57.3 Å². The van der Waals surface area contributed by atoms with Gasteiger partial charge in [0.05, 0.1) is 5.56 Å². The quantitative estimate of drug-likeness (QED) is 0.713. The van der Waals surface area contributed by atoms with Crippen molar-refractivity contribution in [2.24, 2.45) is 0 Å². The van der Waals surface area contributed by atoms with E-state index < -0.39 is 5.97 Å². The second-order valence-corrected chi connectivity index (χ2v) is 4.89. The summed E-state index contributed by atoms with van der Waals surface area (Å²) in [6, 6.07) is 4.96. The molecule has 6 heteroatoms. The number of carbonyl (C=O) groups is 1. The molecule has 1 aromatic heterocycles. The highest BCUT2D eigenvalue weighted by Gasteiger charge is 2.09. The molecule has 76 valence electrons. The van der Waals surface area contributed by atoms with Crippen LogP contribution >= 0.6 is 45.2 Å². The summed E-state index contributed by atoms with van der Waals surface area (Å²) in [4.78, 5) is 10.8. The molecular formula is C9H4I2N2O2. The molecule has 0 radical (unpaired) electrons. The zero-order chi connectivity index (χ0) is 11.0. The van der Waals surface area contributed by atoms with Crippen LogP contribution in [-0.2, 0) is 0 Å². The maximum Gasteiger partial charge on any atom is 0.335 e. The molecule has 2 aromatic rings. The first-order chi connectivity index (χ1) is 7.09. The molecule has 0 aliphatic heterocycles. The van der Waals surface area contributed by atoms with Crippen LogP contribution in [0.4, 0.5) is 0 Å². The van der Waals surface area contributed by atoms with Gasteiger partial charge in [-0.3, -0.25) is 0 Å². The standard InChI is InChI=1S/C9H4I2N2O2/c10-7-5-2-1-4(9(14)15)3-6(5)8(11)13-12-7/h1-3H,(H,14,15). The SMILES string of the molecule is O=C(O)c1ccc2c(I)nnc(I)c2c1. The number of halogens is 2. The molecule has 2 rings (SSSR count). The first-order valence-electron chi connectivity index (χ1n) is 3.94. The lowest BCUT2D eigenvalue weighted by Crippen LogP contribution is -1.98. The van der Waals surface area contributed by atoms with E-state index in [1.165, 1.54) is 0 Å². The smallest absolute Gasteiger partial charge is 0.335 e. The zero-order valence-corrected chi connectivity index (χ0v) is 11.6. The van der Waals surface area contributed by atoms with Crippen molar-refractivity contribution in [1.82, 2.24) is 10.2 Å². The predicted octanol–water partition coefficient (Wildman–Crippen LogP) is 2.54.